The summed E-state index contributed by atoms with van der Waals surface area (Å²) in [6, 6.07) is 8.68. The van der Waals surface area contributed by atoms with Crippen LogP contribution in [0.3, 0.4) is 0 Å². The molecule has 1 saturated carbocycles. The summed E-state index contributed by atoms with van der Waals surface area (Å²) in [6.07, 6.45) is 15.4. The van der Waals surface area contributed by atoms with Crippen LogP contribution in [0.5, 0.6) is 0 Å². The highest BCUT2D eigenvalue weighted by Gasteiger charge is 2.25. The zero-order valence-electron chi connectivity index (χ0n) is 18.1. The molecule has 0 radical (unpaired) electrons. The molecule has 2 heterocycles. The molecule has 0 bridgehead atoms. The molecule has 2 N–H and O–H groups in total. The summed E-state index contributed by atoms with van der Waals surface area (Å²) >= 11 is 0. The van der Waals surface area contributed by atoms with Crippen LogP contribution in [0.15, 0.2) is 36.5 Å². The Labute approximate surface area is 184 Å². The average Bonchev–Trinajstić information content (AvgIpc) is 3.43. The highest BCUT2D eigenvalue weighted by Crippen LogP contribution is 2.26. The minimum absolute atomic E-state index is 0.483. The van der Waals surface area contributed by atoms with Crippen LogP contribution in [-0.2, 0) is 24.3 Å². The van der Waals surface area contributed by atoms with Crippen LogP contribution in [0.2, 0.25) is 0 Å². The van der Waals surface area contributed by atoms with Crippen molar-refractivity contribution in [3.8, 4) is 0 Å². The molecule has 2 aliphatic rings. The van der Waals surface area contributed by atoms with E-state index in [0.29, 0.717) is 6.04 Å². The highest BCUT2D eigenvalue weighted by atomic mass is 16.5. The van der Waals surface area contributed by atoms with Gasteiger partial charge in [-0.05, 0) is 48.9 Å². The molecule has 2 aromatic rings. The lowest BCUT2D eigenvalue weighted by atomic mass is 9.86. The third-order valence-electron chi connectivity index (χ3n) is 6.61. The van der Waals surface area contributed by atoms with Gasteiger partial charge in [-0.2, -0.15) is 0 Å². The molecule has 0 spiro atoms. The van der Waals surface area contributed by atoms with E-state index < -0.39 is 5.91 Å². The van der Waals surface area contributed by atoms with Gasteiger partial charge in [0.2, 0.25) is 0 Å². The number of nitrogens with one attached hydrogen (secondary N) is 1. The van der Waals surface area contributed by atoms with Crippen molar-refractivity contribution in [3.63, 3.8) is 0 Å². The zero-order chi connectivity index (χ0) is 21.5. The Morgan fingerprint density at radius 2 is 1.94 bits per heavy atom. The van der Waals surface area contributed by atoms with E-state index in [0.717, 1.165) is 43.2 Å². The first-order chi connectivity index (χ1) is 15.2. The van der Waals surface area contributed by atoms with E-state index in [1.165, 1.54) is 56.6 Å². The standard InChI is InChI=1S/C24H33N5O2/c30-24(26-31)13-12-19-8-10-21(11-9-19)16-28-14-4-7-23(28)18-29-17-22(25-27-29)15-20-5-2-1-3-6-20/h8-13,17,20,23,31H,1-7,14-16,18H2,(H,26,30)/b13-12+/t23-/m1/s1. The smallest absolute Gasteiger partial charge is 0.267 e. The van der Waals surface area contributed by atoms with Gasteiger partial charge >= 0.3 is 0 Å². The Morgan fingerprint density at radius 3 is 2.71 bits per heavy atom. The molecule has 7 heteroatoms. The highest BCUT2D eigenvalue weighted by molar-refractivity contribution is 5.90. The number of aromatic nitrogens is 3. The second kappa shape index (κ2) is 10.7. The second-order valence-electron chi connectivity index (χ2n) is 8.96. The lowest BCUT2D eigenvalue weighted by Crippen LogP contribution is -2.32. The Hall–Kier alpha value is -2.51. The van der Waals surface area contributed by atoms with E-state index in [1.54, 1.807) is 11.6 Å². The van der Waals surface area contributed by atoms with Gasteiger partial charge in [-0.1, -0.05) is 61.6 Å². The molecule has 31 heavy (non-hydrogen) atoms. The third-order valence-corrected chi connectivity index (χ3v) is 6.61. The minimum atomic E-state index is -0.529. The van der Waals surface area contributed by atoms with Gasteiger partial charge < -0.3 is 0 Å². The van der Waals surface area contributed by atoms with Crippen molar-refractivity contribution in [1.29, 1.82) is 0 Å². The van der Waals surface area contributed by atoms with Gasteiger partial charge in [0.05, 0.1) is 12.2 Å². The van der Waals surface area contributed by atoms with Crippen LogP contribution in [0.25, 0.3) is 6.08 Å². The van der Waals surface area contributed by atoms with Gasteiger partial charge in [-0.3, -0.25) is 19.6 Å². The first-order valence-corrected chi connectivity index (χ1v) is 11.5. The molecule has 1 aromatic carbocycles. The molecule has 7 nitrogen and oxygen atoms in total. The predicted octanol–water partition coefficient (Wildman–Crippen LogP) is 3.58. The van der Waals surface area contributed by atoms with Crippen LogP contribution in [0.4, 0.5) is 0 Å². The number of carbonyl (C=O) groups excluding carboxylic acids is 1. The number of hydroxylamine groups is 1. The number of hydrogen-bond acceptors (Lipinski definition) is 5. The Kier molecular flexibility index (Phi) is 7.48. The molecule has 0 unspecified atom stereocenters. The van der Waals surface area contributed by atoms with Gasteiger partial charge in [0, 0.05) is 24.9 Å². The summed E-state index contributed by atoms with van der Waals surface area (Å²) in [6.45, 7) is 2.91. The topological polar surface area (TPSA) is 83.3 Å². The van der Waals surface area contributed by atoms with Crippen LogP contribution in [0.1, 0.15) is 61.8 Å². The number of likely N-dealkylation sites (tertiary alicyclic amines) is 1. The number of benzene rings is 1. The van der Waals surface area contributed by atoms with E-state index >= 15 is 0 Å². The molecule has 1 saturated heterocycles. The SMILES string of the molecule is O=C(/C=C/c1ccc(CN2CCC[C@@H]2Cn2cc(CC3CCCCC3)nn2)cc1)NO. The fourth-order valence-corrected chi connectivity index (χ4v) is 4.91. The fraction of sp³-hybridized carbons (Fsp3) is 0.542. The van der Waals surface area contributed by atoms with Crippen molar-refractivity contribution in [2.24, 2.45) is 5.92 Å². The van der Waals surface area contributed by atoms with E-state index in [2.05, 4.69) is 33.5 Å². The summed E-state index contributed by atoms with van der Waals surface area (Å²) in [5, 5.41) is 17.4. The molecular formula is C24H33N5O2. The summed E-state index contributed by atoms with van der Waals surface area (Å²) in [4.78, 5) is 13.6. The van der Waals surface area contributed by atoms with Gasteiger partial charge in [0.15, 0.2) is 0 Å². The van der Waals surface area contributed by atoms with Gasteiger partial charge in [0.1, 0.15) is 0 Å². The quantitative estimate of drug-likeness (QED) is 0.385. The normalized spacial score (nSPS) is 20.5. The molecule has 4 rings (SSSR count). The van der Waals surface area contributed by atoms with Crippen LogP contribution < -0.4 is 5.48 Å². The second-order valence-corrected chi connectivity index (χ2v) is 8.96. The van der Waals surface area contributed by atoms with Crippen LogP contribution in [0, 0.1) is 5.92 Å². The number of rotatable bonds is 8. The van der Waals surface area contributed by atoms with Crippen LogP contribution >= 0.6 is 0 Å². The summed E-state index contributed by atoms with van der Waals surface area (Å²) in [5.74, 6) is 0.261. The number of carbonyl (C=O) groups is 1. The van der Waals surface area contributed by atoms with Gasteiger partial charge in [-0.25, -0.2) is 5.48 Å². The van der Waals surface area contributed by atoms with Crippen molar-refractivity contribution < 1.29 is 10.0 Å². The molecule has 2 fully saturated rings. The molecule has 1 aromatic heterocycles. The Morgan fingerprint density at radius 1 is 1.13 bits per heavy atom. The minimum Gasteiger partial charge on any atom is -0.294 e. The van der Waals surface area contributed by atoms with Crippen molar-refractivity contribution in [2.75, 3.05) is 6.54 Å². The van der Waals surface area contributed by atoms with Gasteiger partial charge in [0.25, 0.3) is 5.91 Å². The number of amides is 1. The average molecular weight is 424 g/mol. The van der Waals surface area contributed by atoms with Gasteiger partial charge in [-0.15, -0.1) is 5.10 Å². The van der Waals surface area contributed by atoms with Crippen molar-refractivity contribution >= 4 is 12.0 Å². The lowest BCUT2D eigenvalue weighted by Gasteiger charge is -2.24. The maximum absolute atomic E-state index is 11.1. The molecule has 1 aliphatic heterocycles. The maximum atomic E-state index is 11.1. The maximum Gasteiger partial charge on any atom is 0.267 e. The molecule has 1 amide bonds. The van der Waals surface area contributed by atoms with E-state index in [-0.39, 0.29) is 0 Å². The summed E-state index contributed by atoms with van der Waals surface area (Å²) < 4.78 is 2.04. The Balaban J connectivity index is 1.30. The van der Waals surface area contributed by atoms with Crippen molar-refractivity contribution in [1.82, 2.24) is 25.4 Å². The van der Waals surface area contributed by atoms with Crippen LogP contribution in [-0.4, -0.2) is 43.6 Å². The molecule has 1 atom stereocenters. The van der Waals surface area contributed by atoms with E-state index in [4.69, 9.17) is 5.21 Å². The summed E-state index contributed by atoms with van der Waals surface area (Å²) in [7, 11) is 0. The fourth-order valence-electron chi connectivity index (χ4n) is 4.91. The summed E-state index contributed by atoms with van der Waals surface area (Å²) in [5.41, 5.74) is 4.93. The largest absolute Gasteiger partial charge is 0.294 e. The number of nitrogens with zero attached hydrogens (tertiary/aromatic N) is 4. The lowest BCUT2D eigenvalue weighted by molar-refractivity contribution is -0.124. The first-order valence-electron chi connectivity index (χ1n) is 11.5. The molecule has 166 valence electrons. The zero-order valence-corrected chi connectivity index (χ0v) is 18.1. The Bertz CT molecular complexity index is 870. The van der Waals surface area contributed by atoms with Crippen molar-refractivity contribution in [3.05, 3.63) is 53.4 Å². The van der Waals surface area contributed by atoms with E-state index in [1.807, 2.05) is 16.8 Å². The van der Waals surface area contributed by atoms with E-state index in [9.17, 15) is 4.79 Å². The monoisotopic (exact) mass is 423 g/mol. The predicted molar refractivity (Wildman–Crippen MR) is 119 cm³/mol. The van der Waals surface area contributed by atoms with Crippen molar-refractivity contribution in [2.45, 2.75) is 70.5 Å². The first kappa shape index (κ1) is 21.7. The molecular weight excluding hydrogens is 390 g/mol. The third kappa shape index (κ3) is 6.24. The molecule has 1 aliphatic carbocycles. The number of hydrogen-bond donors (Lipinski definition) is 2.